The Morgan fingerprint density at radius 3 is 3.21 bits per heavy atom. The van der Waals surface area contributed by atoms with Crippen molar-refractivity contribution >= 4 is 5.78 Å². The van der Waals surface area contributed by atoms with Gasteiger partial charge >= 0.3 is 0 Å². The number of carbonyl (C=O) groups excluding carboxylic acids is 1. The van der Waals surface area contributed by atoms with E-state index in [2.05, 4.69) is 22.2 Å². The SMILES string of the molecule is CC1CCC(=O)[C@H](Cc2c[nH]cn2)N1. The van der Waals surface area contributed by atoms with Crippen LogP contribution in [0.15, 0.2) is 12.5 Å². The number of H-pyrrole nitrogens is 1. The van der Waals surface area contributed by atoms with Crippen LogP contribution in [0.25, 0.3) is 0 Å². The third kappa shape index (κ3) is 2.01. The van der Waals surface area contributed by atoms with Crippen LogP contribution in [0.3, 0.4) is 0 Å². The lowest BCUT2D eigenvalue weighted by atomic mass is 9.95. The molecular weight excluding hydrogens is 178 g/mol. The molecule has 76 valence electrons. The summed E-state index contributed by atoms with van der Waals surface area (Å²) in [5.74, 6) is 0.311. The highest BCUT2D eigenvalue weighted by molar-refractivity contribution is 5.85. The molecule has 1 aromatic rings. The second-order valence-electron chi connectivity index (χ2n) is 3.89. The van der Waals surface area contributed by atoms with Gasteiger partial charge in [0.1, 0.15) is 5.78 Å². The zero-order chi connectivity index (χ0) is 9.97. The molecule has 0 spiro atoms. The number of hydrogen-bond donors (Lipinski definition) is 2. The number of imidazole rings is 1. The zero-order valence-corrected chi connectivity index (χ0v) is 8.29. The molecule has 1 saturated heterocycles. The number of carbonyl (C=O) groups is 1. The topological polar surface area (TPSA) is 57.8 Å². The summed E-state index contributed by atoms with van der Waals surface area (Å²) in [6.45, 7) is 2.12. The second-order valence-corrected chi connectivity index (χ2v) is 3.89. The Labute approximate surface area is 83.1 Å². The Morgan fingerprint density at radius 2 is 2.50 bits per heavy atom. The van der Waals surface area contributed by atoms with Crippen molar-refractivity contribution in [1.82, 2.24) is 15.3 Å². The fourth-order valence-electron chi connectivity index (χ4n) is 1.84. The molecule has 0 aliphatic carbocycles. The molecule has 2 N–H and O–H groups in total. The molecule has 4 heteroatoms. The molecule has 2 heterocycles. The predicted octanol–water partition coefficient (Wildman–Crippen LogP) is 0.662. The van der Waals surface area contributed by atoms with Crippen LogP contribution in [-0.4, -0.2) is 27.8 Å². The van der Waals surface area contributed by atoms with Gasteiger partial charge in [-0.2, -0.15) is 0 Å². The van der Waals surface area contributed by atoms with Gasteiger partial charge in [0.15, 0.2) is 0 Å². The molecule has 0 radical (unpaired) electrons. The third-order valence-corrected chi connectivity index (χ3v) is 2.67. The fourth-order valence-corrected chi connectivity index (χ4v) is 1.84. The van der Waals surface area contributed by atoms with Crippen LogP contribution in [0.2, 0.25) is 0 Å². The Balaban J connectivity index is 1.99. The smallest absolute Gasteiger partial charge is 0.150 e. The largest absolute Gasteiger partial charge is 0.351 e. The van der Waals surface area contributed by atoms with Crippen molar-refractivity contribution < 1.29 is 4.79 Å². The molecule has 0 aromatic carbocycles. The average molecular weight is 193 g/mol. The van der Waals surface area contributed by atoms with Gasteiger partial charge in [-0.1, -0.05) is 0 Å². The van der Waals surface area contributed by atoms with Crippen molar-refractivity contribution in [2.24, 2.45) is 0 Å². The lowest BCUT2D eigenvalue weighted by Crippen LogP contribution is -2.47. The molecule has 1 aliphatic heterocycles. The molecule has 1 aromatic heterocycles. The lowest BCUT2D eigenvalue weighted by molar-refractivity contribution is -0.122. The molecule has 0 bridgehead atoms. The van der Waals surface area contributed by atoms with Crippen molar-refractivity contribution in [3.05, 3.63) is 18.2 Å². The maximum atomic E-state index is 11.6. The summed E-state index contributed by atoms with van der Waals surface area (Å²) in [6.07, 6.45) is 5.84. The monoisotopic (exact) mass is 193 g/mol. The first-order chi connectivity index (χ1) is 6.75. The number of piperidine rings is 1. The number of ketones is 1. The second kappa shape index (κ2) is 3.92. The van der Waals surface area contributed by atoms with E-state index in [0.717, 1.165) is 12.1 Å². The number of aromatic amines is 1. The Bertz CT molecular complexity index is 307. The summed E-state index contributed by atoms with van der Waals surface area (Å²) in [4.78, 5) is 18.6. The van der Waals surface area contributed by atoms with Gasteiger partial charge in [-0.15, -0.1) is 0 Å². The van der Waals surface area contributed by atoms with Crippen LogP contribution in [0, 0.1) is 0 Å². The summed E-state index contributed by atoms with van der Waals surface area (Å²) in [5.41, 5.74) is 0.949. The van der Waals surface area contributed by atoms with Gasteiger partial charge in [0.2, 0.25) is 0 Å². The molecule has 1 fully saturated rings. The third-order valence-electron chi connectivity index (χ3n) is 2.67. The minimum Gasteiger partial charge on any atom is -0.351 e. The summed E-state index contributed by atoms with van der Waals surface area (Å²) < 4.78 is 0. The number of hydrogen-bond acceptors (Lipinski definition) is 3. The minimum atomic E-state index is -0.0398. The van der Waals surface area contributed by atoms with E-state index < -0.39 is 0 Å². The van der Waals surface area contributed by atoms with Crippen LogP contribution in [-0.2, 0) is 11.2 Å². The first-order valence-corrected chi connectivity index (χ1v) is 5.02. The van der Waals surface area contributed by atoms with Crippen molar-refractivity contribution in [3.8, 4) is 0 Å². The summed E-state index contributed by atoms with van der Waals surface area (Å²) in [6, 6.07) is 0.402. The summed E-state index contributed by atoms with van der Waals surface area (Å²) in [5, 5.41) is 3.30. The van der Waals surface area contributed by atoms with Crippen molar-refractivity contribution in [2.45, 2.75) is 38.3 Å². The first-order valence-electron chi connectivity index (χ1n) is 5.02. The van der Waals surface area contributed by atoms with Crippen molar-refractivity contribution in [3.63, 3.8) is 0 Å². The highest BCUT2D eigenvalue weighted by Crippen LogP contribution is 2.12. The van der Waals surface area contributed by atoms with Crippen LogP contribution in [0.4, 0.5) is 0 Å². The normalized spacial score (nSPS) is 27.9. The van der Waals surface area contributed by atoms with Gasteiger partial charge in [-0.3, -0.25) is 4.79 Å². The Kier molecular flexibility index (Phi) is 2.63. The Morgan fingerprint density at radius 1 is 1.64 bits per heavy atom. The highest BCUT2D eigenvalue weighted by Gasteiger charge is 2.25. The van der Waals surface area contributed by atoms with Gasteiger partial charge in [0.05, 0.1) is 18.1 Å². The molecule has 2 rings (SSSR count). The maximum absolute atomic E-state index is 11.6. The average Bonchev–Trinajstić information content (AvgIpc) is 2.64. The molecule has 1 aliphatic rings. The number of nitrogens with one attached hydrogen (secondary N) is 2. The van der Waals surface area contributed by atoms with Gasteiger partial charge in [-0.05, 0) is 13.3 Å². The number of Topliss-reactive ketones (excluding diaryl/α,β-unsaturated/α-hetero) is 1. The van der Waals surface area contributed by atoms with E-state index in [1.54, 1.807) is 6.33 Å². The molecular formula is C10H15N3O. The number of rotatable bonds is 2. The highest BCUT2D eigenvalue weighted by atomic mass is 16.1. The molecule has 0 amide bonds. The van der Waals surface area contributed by atoms with Gasteiger partial charge < -0.3 is 10.3 Å². The first kappa shape index (κ1) is 9.40. The lowest BCUT2D eigenvalue weighted by Gasteiger charge is -2.27. The van der Waals surface area contributed by atoms with E-state index in [1.165, 1.54) is 0 Å². The van der Waals surface area contributed by atoms with Crippen LogP contribution < -0.4 is 5.32 Å². The quantitative estimate of drug-likeness (QED) is 0.725. The van der Waals surface area contributed by atoms with E-state index in [9.17, 15) is 4.79 Å². The van der Waals surface area contributed by atoms with Gasteiger partial charge in [0, 0.05) is 25.1 Å². The van der Waals surface area contributed by atoms with E-state index in [0.29, 0.717) is 24.7 Å². The maximum Gasteiger partial charge on any atom is 0.150 e. The summed E-state index contributed by atoms with van der Waals surface area (Å²) >= 11 is 0. The summed E-state index contributed by atoms with van der Waals surface area (Å²) in [7, 11) is 0. The Hall–Kier alpha value is -1.16. The molecule has 0 saturated carbocycles. The van der Waals surface area contributed by atoms with E-state index in [1.807, 2.05) is 6.20 Å². The van der Waals surface area contributed by atoms with Gasteiger partial charge in [-0.25, -0.2) is 4.98 Å². The molecule has 14 heavy (non-hydrogen) atoms. The molecule has 4 nitrogen and oxygen atoms in total. The van der Waals surface area contributed by atoms with E-state index in [-0.39, 0.29) is 6.04 Å². The fraction of sp³-hybridized carbons (Fsp3) is 0.600. The molecule has 2 atom stereocenters. The van der Waals surface area contributed by atoms with Crippen LogP contribution >= 0.6 is 0 Å². The minimum absolute atomic E-state index is 0.0398. The predicted molar refractivity (Wildman–Crippen MR) is 52.9 cm³/mol. The van der Waals surface area contributed by atoms with Crippen LogP contribution in [0.1, 0.15) is 25.5 Å². The number of nitrogens with zero attached hydrogens (tertiary/aromatic N) is 1. The van der Waals surface area contributed by atoms with Crippen LogP contribution in [0.5, 0.6) is 0 Å². The standard InChI is InChI=1S/C10H15N3O/c1-7-2-3-10(14)9(13-7)4-8-5-11-6-12-8/h5-7,9,13H,2-4H2,1H3,(H,11,12)/t7?,9-/m0/s1. The van der Waals surface area contributed by atoms with Gasteiger partial charge in [0.25, 0.3) is 0 Å². The number of aromatic nitrogens is 2. The zero-order valence-electron chi connectivity index (χ0n) is 8.29. The van der Waals surface area contributed by atoms with E-state index in [4.69, 9.17) is 0 Å². The van der Waals surface area contributed by atoms with Crippen molar-refractivity contribution in [2.75, 3.05) is 0 Å². The molecule has 1 unspecified atom stereocenters. The van der Waals surface area contributed by atoms with Crippen molar-refractivity contribution in [1.29, 1.82) is 0 Å². The van der Waals surface area contributed by atoms with E-state index >= 15 is 0 Å².